The van der Waals surface area contributed by atoms with Gasteiger partial charge in [0.2, 0.25) is 0 Å². The maximum atomic E-state index is 5.61. The van der Waals surface area contributed by atoms with Crippen LogP contribution in [0, 0.1) is 5.92 Å². The van der Waals surface area contributed by atoms with Gasteiger partial charge in [-0.05, 0) is 38.3 Å². The number of piperidine rings is 1. The van der Waals surface area contributed by atoms with Crippen LogP contribution in [0.2, 0.25) is 0 Å². The molecule has 1 fully saturated rings. The number of aliphatic imine (C=N–C) groups is 1. The van der Waals surface area contributed by atoms with E-state index in [1.54, 1.807) is 0 Å². The van der Waals surface area contributed by atoms with E-state index in [9.17, 15) is 0 Å². The standard InChI is InChI=1S/C17H36N4O/c1-5-21-11-7-6-8-16(21)14-20-17(18-4)19-10-13-22-12-9-15(2)3/h15-16H,5-14H2,1-4H3,(H2,18,19,20). The molecule has 0 aromatic rings. The van der Waals surface area contributed by atoms with Crippen LogP contribution in [0.4, 0.5) is 0 Å². The molecular weight excluding hydrogens is 276 g/mol. The van der Waals surface area contributed by atoms with Gasteiger partial charge < -0.3 is 15.4 Å². The third-order valence-corrected chi connectivity index (χ3v) is 4.26. The van der Waals surface area contributed by atoms with Crippen molar-refractivity contribution in [3.05, 3.63) is 0 Å². The Morgan fingerprint density at radius 2 is 2.09 bits per heavy atom. The lowest BCUT2D eigenvalue weighted by atomic mass is 10.0. The number of hydrogen-bond acceptors (Lipinski definition) is 3. The fourth-order valence-electron chi connectivity index (χ4n) is 2.81. The lowest BCUT2D eigenvalue weighted by Gasteiger charge is -2.35. The number of likely N-dealkylation sites (tertiary alicyclic amines) is 1. The van der Waals surface area contributed by atoms with Crippen molar-refractivity contribution in [3.8, 4) is 0 Å². The first kappa shape index (κ1) is 19.2. The van der Waals surface area contributed by atoms with Crippen molar-refractivity contribution >= 4 is 5.96 Å². The van der Waals surface area contributed by atoms with Crippen LogP contribution < -0.4 is 10.6 Å². The van der Waals surface area contributed by atoms with E-state index in [1.165, 1.54) is 25.8 Å². The molecule has 0 spiro atoms. The summed E-state index contributed by atoms with van der Waals surface area (Å²) in [5, 5.41) is 6.78. The average Bonchev–Trinajstić information content (AvgIpc) is 2.53. The first-order valence-corrected chi connectivity index (χ1v) is 8.93. The van der Waals surface area contributed by atoms with Crippen LogP contribution in [-0.2, 0) is 4.74 Å². The van der Waals surface area contributed by atoms with Crippen molar-refractivity contribution in [2.75, 3.05) is 46.4 Å². The second-order valence-electron chi connectivity index (χ2n) is 6.45. The van der Waals surface area contributed by atoms with Gasteiger partial charge in [0.05, 0.1) is 6.61 Å². The maximum Gasteiger partial charge on any atom is 0.191 e. The molecule has 0 aromatic carbocycles. The lowest BCUT2D eigenvalue weighted by molar-refractivity contribution is 0.128. The van der Waals surface area contributed by atoms with Gasteiger partial charge in [0.1, 0.15) is 0 Å². The summed E-state index contributed by atoms with van der Waals surface area (Å²) in [5.74, 6) is 1.59. The molecular formula is C17H36N4O. The molecule has 1 aliphatic heterocycles. The van der Waals surface area contributed by atoms with E-state index in [2.05, 4.69) is 41.3 Å². The van der Waals surface area contributed by atoms with E-state index in [4.69, 9.17) is 4.74 Å². The van der Waals surface area contributed by atoms with E-state index in [0.717, 1.165) is 45.2 Å². The molecule has 1 unspecified atom stereocenters. The molecule has 22 heavy (non-hydrogen) atoms. The van der Waals surface area contributed by atoms with Crippen LogP contribution >= 0.6 is 0 Å². The van der Waals surface area contributed by atoms with Crippen LogP contribution in [0.25, 0.3) is 0 Å². The number of guanidine groups is 1. The lowest BCUT2D eigenvalue weighted by Crippen LogP contribution is -2.49. The van der Waals surface area contributed by atoms with Gasteiger partial charge in [0.25, 0.3) is 0 Å². The Kier molecular flexibility index (Phi) is 10.2. The second kappa shape index (κ2) is 11.7. The van der Waals surface area contributed by atoms with Crippen LogP contribution in [0.5, 0.6) is 0 Å². The van der Waals surface area contributed by atoms with Gasteiger partial charge in [-0.1, -0.05) is 27.2 Å². The molecule has 1 aliphatic rings. The molecule has 130 valence electrons. The smallest absolute Gasteiger partial charge is 0.191 e. The predicted octanol–water partition coefficient (Wildman–Crippen LogP) is 2.09. The summed E-state index contributed by atoms with van der Waals surface area (Å²) in [7, 11) is 1.83. The third-order valence-electron chi connectivity index (χ3n) is 4.26. The number of rotatable bonds is 9. The highest BCUT2D eigenvalue weighted by Crippen LogP contribution is 2.15. The van der Waals surface area contributed by atoms with E-state index >= 15 is 0 Å². The SMILES string of the molecule is CCN1CCCCC1CNC(=NC)NCCOCCC(C)C. The zero-order chi connectivity index (χ0) is 16.2. The van der Waals surface area contributed by atoms with Crippen LogP contribution in [-0.4, -0.2) is 63.3 Å². The average molecular weight is 313 g/mol. The van der Waals surface area contributed by atoms with Gasteiger partial charge in [-0.2, -0.15) is 0 Å². The molecule has 0 aromatic heterocycles. The Hall–Kier alpha value is -0.810. The predicted molar refractivity (Wildman–Crippen MR) is 94.5 cm³/mol. The molecule has 0 saturated carbocycles. The van der Waals surface area contributed by atoms with Gasteiger partial charge in [-0.15, -0.1) is 0 Å². The van der Waals surface area contributed by atoms with Crippen LogP contribution in [0.1, 0.15) is 46.5 Å². The first-order valence-electron chi connectivity index (χ1n) is 8.93. The number of nitrogens with one attached hydrogen (secondary N) is 2. The van der Waals surface area contributed by atoms with Crippen molar-refractivity contribution in [3.63, 3.8) is 0 Å². The Bertz CT molecular complexity index is 307. The fourth-order valence-corrected chi connectivity index (χ4v) is 2.81. The minimum atomic E-state index is 0.639. The zero-order valence-electron chi connectivity index (χ0n) is 15.0. The highest BCUT2D eigenvalue weighted by molar-refractivity contribution is 5.79. The zero-order valence-corrected chi connectivity index (χ0v) is 15.0. The number of nitrogens with zero attached hydrogens (tertiary/aromatic N) is 2. The molecule has 1 rings (SSSR count). The molecule has 1 saturated heterocycles. The summed E-state index contributed by atoms with van der Waals surface area (Å²) >= 11 is 0. The molecule has 1 heterocycles. The summed E-state index contributed by atoms with van der Waals surface area (Å²) in [5.41, 5.74) is 0. The van der Waals surface area contributed by atoms with E-state index < -0.39 is 0 Å². The van der Waals surface area contributed by atoms with Crippen molar-refractivity contribution in [1.29, 1.82) is 0 Å². The molecule has 5 nitrogen and oxygen atoms in total. The van der Waals surface area contributed by atoms with Crippen molar-refractivity contribution in [2.24, 2.45) is 10.9 Å². The van der Waals surface area contributed by atoms with Crippen molar-refractivity contribution in [2.45, 2.75) is 52.5 Å². The monoisotopic (exact) mass is 312 g/mol. The van der Waals surface area contributed by atoms with E-state index in [0.29, 0.717) is 12.0 Å². The quantitative estimate of drug-likeness (QED) is 0.389. The normalized spacial score (nSPS) is 20.4. The van der Waals surface area contributed by atoms with Gasteiger partial charge >= 0.3 is 0 Å². The minimum absolute atomic E-state index is 0.639. The van der Waals surface area contributed by atoms with Crippen LogP contribution in [0.15, 0.2) is 4.99 Å². The topological polar surface area (TPSA) is 48.9 Å². The molecule has 0 bridgehead atoms. The number of likely N-dealkylation sites (N-methyl/N-ethyl adjacent to an activating group) is 1. The van der Waals surface area contributed by atoms with Gasteiger partial charge in [-0.25, -0.2) is 0 Å². The van der Waals surface area contributed by atoms with Crippen LogP contribution in [0.3, 0.4) is 0 Å². The summed E-state index contributed by atoms with van der Waals surface area (Å²) in [4.78, 5) is 6.86. The third kappa shape index (κ3) is 7.99. The molecule has 5 heteroatoms. The Morgan fingerprint density at radius 1 is 1.27 bits per heavy atom. The molecule has 2 N–H and O–H groups in total. The van der Waals surface area contributed by atoms with E-state index in [-0.39, 0.29) is 0 Å². The fraction of sp³-hybridized carbons (Fsp3) is 0.941. The highest BCUT2D eigenvalue weighted by Gasteiger charge is 2.20. The largest absolute Gasteiger partial charge is 0.380 e. The number of ether oxygens (including phenoxy) is 1. The Balaban J connectivity index is 2.14. The first-order chi connectivity index (χ1) is 10.7. The Labute approximate surface area is 136 Å². The summed E-state index contributed by atoms with van der Waals surface area (Å²) in [6, 6.07) is 0.639. The molecule has 0 radical (unpaired) electrons. The van der Waals surface area contributed by atoms with Gasteiger partial charge in [0, 0.05) is 32.8 Å². The van der Waals surface area contributed by atoms with Gasteiger partial charge in [0.15, 0.2) is 5.96 Å². The van der Waals surface area contributed by atoms with Crippen molar-refractivity contribution < 1.29 is 4.74 Å². The summed E-state index contributed by atoms with van der Waals surface area (Å²) < 4.78 is 5.61. The van der Waals surface area contributed by atoms with Crippen molar-refractivity contribution in [1.82, 2.24) is 15.5 Å². The number of hydrogen-bond donors (Lipinski definition) is 2. The Morgan fingerprint density at radius 3 is 2.77 bits per heavy atom. The minimum Gasteiger partial charge on any atom is -0.380 e. The molecule has 0 aliphatic carbocycles. The summed E-state index contributed by atoms with van der Waals surface area (Å²) in [6.07, 6.45) is 5.10. The second-order valence-corrected chi connectivity index (χ2v) is 6.45. The molecule has 1 atom stereocenters. The highest BCUT2D eigenvalue weighted by atomic mass is 16.5. The molecule has 0 amide bonds. The van der Waals surface area contributed by atoms with Gasteiger partial charge in [-0.3, -0.25) is 9.89 Å². The van der Waals surface area contributed by atoms with E-state index in [1.807, 2.05) is 7.05 Å². The summed E-state index contributed by atoms with van der Waals surface area (Å²) in [6.45, 7) is 12.4. The maximum absolute atomic E-state index is 5.61.